The predicted octanol–water partition coefficient (Wildman–Crippen LogP) is 1.93. The second-order valence-electron chi connectivity index (χ2n) is 4.45. The van der Waals surface area contributed by atoms with E-state index in [0.717, 1.165) is 31.2 Å². The van der Waals surface area contributed by atoms with Crippen molar-refractivity contribution < 1.29 is 4.79 Å². The quantitative estimate of drug-likeness (QED) is 0.757. The molecule has 2 saturated carbocycles. The molecule has 0 aliphatic heterocycles. The Kier molecular flexibility index (Phi) is 2.63. The lowest BCUT2D eigenvalue weighted by molar-refractivity contribution is -0.125. The molecule has 13 heavy (non-hydrogen) atoms. The summed E-state index contributed by atoms with van der Waals surface area (Å²) in [5, 5.41) is 2.98. The monoisotopic (exact) mass is 245 g/mol. The average Bonchev–Trinajstić information content (AvgIpc) is 2.69. The van der Waals surface area contributed by atoms with Gasteiger partial charge < -0.3 is 5.32 Å². The van der Waals surface area contributed by atoms with Crippen LogP contribution in [0.3, 0.4) is 0 Å². The molecule has 2 rings (SSSR count). The van der Waals surface area contributed by atoms with Crippen LogP contribution in [-0.4, -0.2) is 17.3 Å². The van der Waals surface area contributed by atoms with Crippen molar-refractivity contribution in [2.24, 2.45) is 17.8 Å². The van der Waals surface area contributed by atoms with Crippen LogP contribution in [0.5, 0.6) is 0 Å². The molecule has 1 amide bonds. The molecule has 0 aromatic carbocycles. The normalized spacial score (nSPS) is 38.2. The van der Waals surface area contributed by atoms with Crippen molar-refractivity contribution in [3.05, 3.63) is 0 Å². The van der Waals surface area contributed by atoms with Gasteiger partial charge >= 0.3 is 0 Å². The summed E-state index contributed by atoms with van der Waals surface area (Å²) in [6.45, 7) is 2.80. The van der Waals surface area contributed by atoms with Crippen molar-refractivity contribution in [3.63, 3.8) is 0 Å². The van der Waals surface area contributed by atoms with Crippen LogP contribution in [0, 0.1) is 17.8 Å². The van der Waals surface area contributed by atoms with Gasteiger partial charge in [0.05, 0.1) is 0 Å². The summed E-state index contributed by atoms with van der Waals surface area (Å²) in [5.74, 6) is 2.41. The lowest BCUT2D eigenvalue weighted by atomic mass is 10.0. The molecule has 0 bridgehead atoms. The maximum Gasteiger partial charge on any atom is 0.223 e. The summed E-state index contributed by atoms with van der Waals surface area (Å²) in [7, 11) is 0. The Labute approximate surface area is 87.6 Å². The zero-order valence-electron chi connectivity index (χ0n) is 7.92. The van der Waals surface area contributed by atoms with Gasteiger partial charge in [-0.3, -0.25) is 4.79 Å². The second kappa shape index (κ2) is 3.60. The number of nitrogens with one attached hydrogen (secondary N) is 1. The predicted molar refractivity (Wildman–Crippen MR) is 55.7 cm³/mol. The number of hydrogen-bond donors (Lipinski definition) is 1. The van der Waals surface area contributed by atoms with Gasteiger partial charge in [0.25, 0.3) is 0 Å². The minimum Gasteiger partial charge on any atom is -0.355 e. The lowest BCUT2D eigenvalue weighted by Gasteiger charge is -2.12. The fourth-order valence-electron chi connectivity index (χ4n) is 2.31. The largest absolute Gasteiger partial charge is 0.355 e. The molecule has 3 atom stereocenters. The van der Waals surface area contributed by atoms with Crippen LogP contribution >= 0.6 is 15.9 Å². The summed E-state index contributed by atoms with van der Waals surface area (Å²) >= 11 is 3.42. The third kappa shape index (κ3) is 2.25. The molecule has 3 unspecified atom stereocenters. The molecule has 2 nitrogen and oxygen atoms in total. The number of carbonyl (C=O) groups excluding carboxylic acids is 1. The van der Waals surface area contributed by atoms with Crippen molar-refractivity contribution in [2.45, 2.75) is 31.0 Å². The number of halogens is 1. The maximum absolute atomic E-state index is 11.6. The zero-order valence-corrected chi connectivity index (χ0v) is 9.51. The molecular formula is C10H16BrNO. The van der Waals surface area contributed by atoms with E-state index in [-0.39, 0.29) is 5.91 Å². The molecule has 2 fully saturated rings. The van der Waals surface area contributed by atoms with E-state index in [1.54, 1.807) is 0 Å². The number of rotatable bonds is 3. The number of carbonyl (C=O) groups is 1. The van der Waals surface area contributed by atoms with Gasteiger partial charge in [-0.05, 0) is 31.1 Å². The molecule has 3 heteroatoms. The van der Waals surface area contributed by atoms with E-state index in [2.05, 4.69) is 21.2 Å². The van der Waals surface area contributed by atoms with Gasteiger partial charge in [-0.1, -0.05) is 22.9 Å². The lowest BCUT2D eigenvalue weighted by Crippen LogP contribution is -2.33. The van der Waals surface area contributed by atoms with Gasteiger partial charge in [0.2, 0.25) is 5.91 Å². The van der Waals surface area contributed by atoms with Gasteiger partial charge in [-0.25, -0.2) is 0 Å². The zero-order chi connectivity index (χ0) is 9.42. The van der Waals surface area contributed by atoms with Gasteiger partial charge in [0.1, 0.15) is 0 Å². The number of alkyl halides is 1. The fourth-order valence-corrected chi connectivity index (χ4v) is 2.48. The van der Waals surface area contributed by atoms with Gasteiger partial charge in [0.15, 0.2) is 0 Å². The van der Waals surface area contributed by atoms with Gasteiger partial charge in [-0.2, -0.15) is 0 Å². The summed E-state index contributed by atoms with van der Waals surface area (Å²) < 4.78 is 0. The molecule has 0 saturated heterocycles. The molecule has 74 valence electrons. The van der Waals surface area contributed by atoms with Crippen LogP contribution in [0.15, 0.2) is 0 Å². The third-order valence-corrected chi connectivity index (χ3v) is 3.50. The molecule has 0 radical (unpaired) electrons. The number of fused-ring (bicyclic) bond motifs is 1. The molecule has 2 aliphatic carbocycles. The van der Waals surface area contributed by atoms with Gasteiger partial charge in [0, 0.05) is 17.3 Å². The Morgan fingerprint density at radius 2 is 2.08 bits per heavy atom. The van der Waals surface area contributed by atoms with Crippen molar-refractivity contribution in [3.8, 4) is 0 Å². The minimum absolute atomic E-state index is 0.276. The standard InChI is InChI=1S/C10H16BrNO/c1-6(11)5-12-10(13)9-3-7-2-8(7)4-9/h6-9H,2-5H2,1H3,(H,12,13). The number of amides is 1. The first-order valence-corrected chi connectivity index (χ1v) is 6.00. The van der Waals surface area contributed by atoms with Crippen LogP contribution in [0.1, 0.15) is 26.2 Å². The van der Waals surface area contributed by atoms with E-state index in [9.17, 15) is 4.79 Å². The van der Waals surface area contributed by atoms with Crippen molar-refractivity contribution in [1.82, 2.24) is 5.32 Å². The highest BCUT2D eigenvalue weighted by molar-refractivity contribution is 9.09. The fraction of sp³-hybridized carbons (Fsp3) is 0.900. The molecule has 0 aromatic heterocycles. The maximum atomic E-state index is 11.6. The van der Waals surface area contributed by atoms with Crippen LogP contribution in [0.4, 0.5) is 0 Å². The molecule has 0 heterocycles. The highest BCUT2D eigenvalue weighted by Crippen LogP contribution is 2.54. The molecule has 1 N–H and O–H groups in total. The number of hydrogen-bond acceptors (Lipinski definition) is 1. The first kappa shape index (κ1) is 9.50. The Hall–Kier alpha value is -0.0500. The smallest absolute Gasteiger partial charge is 0.223 e. The molecular weight excluding hydrogens is 230 g/mol. The second-order valence-corrected chi connectivity index (χ2v) is 6.01. The van der Waals surface area contributed by atoms with Gasteiger partial charge in [-0.15, -0.1) is 0 Å². The van der Waals surface area contributed by atoms with E-state index in [0.29, 0.717) is 10.7 Å². The third-order valence-electron chi connectivity index (χ3n) is 3.17. The summed E-state index contributed by atoms with van der Waals surface area (Å²) in [6, 6.07) is 0. The van der Waals surface area contributed by atoms with Crippen molar-refractivity contribution in [2.75, 3.05) is 6.54 Å². The highest BCUT2D eigenvalue weighted by atomic mass is 79.9. The first-order chi connectivity index (χ1) is 6.16. The van der Waals surface area contributed by atoms with E-state index < -0.39 is 0 Å². The van der Waals surface area contributed by atoms with Crippen molar-refractivity contribution in [1.29, 1.82) is 0 Å². The van der Waals surface area contributed by atoms with E-state index in [4.69, 9.17) is 0 Å². The van der Waals surface area contributed by atoms with Crippen LogP contribution in [0.25, 0.3) is 0 Å². The average molecular weight is 246 g/mol. The highest BCUT2D eigenvalue weighted by Gasteiger charge is 2.47. The SMILES string of the molecule is CC(Br)CNC(=O)C1CC2CC2C1. The molecule has 2 aliphatic rings. The van der Waals surface area contributed by atoms with Crippen LogP contribution < -0.4 is 5.32 Å². The van der Waals surface area contributed by atoms with Crippen LogP contribution in [0.2, 0.25) is 0 Å². The topological polar surface area (TPSA) is 29.1 Å². The first-order valence-electron chi connectivity index (χ1n) is 5.08. The summed E-state index contributed by atoms with van der Waals surface area (Å²) in [5.41, 5.74) is 0. The Morgan fingerprint density at radius 1 is 1.46 bits per heavy atom. The molecule has 0 spiro atoms. The van der Waals surface area contributed by atoms with E-state index in [1.165, 1.54) is 6.42 Å². The Morgan fingerprint density at radius 3 is 2.62 bits per heavy atom. The Bertz CT molecular complexity index is 207. The molecule has 0 aromatic rings. The summed E-state index contributed by atoms with van der Waals surface area (Å²) in [6.07, 6.45) is 3.68. The van der Waals surface area contributed by atoms with E-state index in [1.807, 2.05) is 6.92 Å². The van der Waals surface area contributed by atoms with E-state index >= 15 is 0 Å². The minimum atomic E-state index is 0.276. The summed E-state index contributed by atoms with van der Waals surface area (Å²) in [4.78, 5) is 12.0. The Balaban J connectivity index is 1.71. The van der Waals surface area contributed by atoms with Crippen molar-refractivity contribution >= 4 is 21.8 Å². The van der Waals surface area contributed by atoms with Crippen LogP contribution in [-0.2, 0) is 4.79 Å².